The smallest absolute Gasteiger partial charge is 0.270 e. The monoisotopic (exact) mass is 375 g/mol. The van der Waals surface area contributed by atoms with E-state index in [-0.39, 0.29) is 11.8 Å². The molecule has 0 aliphatic carbocycles. The summed E-state index contributed by atoms with van der Waals surface area (Å²) in [7, 11) is 0. The number of carbonyl (C=O) groups is 2. The molecular weight excluding hydrogens is 350 g/mol. The molecule has 5 heteroatoms. The van der Waals surface area contributed by atoms with Crippen molar-refractivity contribution in [2.24, 2.45) is 0 Å². The molecule has 0 bridgehead atoms. The largest absolute Gasteiger partial charge is 0.350 e. The van der Waals surface area contributed by atoms with E-state index in [4.69, 9.17) is 0 Å². The summed E-state index contributed by atoms with van der Waals surface area (Å²) in [6, 6.07) is 13.8. The predicted octanol–water partition coefficient (Wildman–Crippen LogP) is 3.69. The molecule has 0 atom stereocenters. The van der Waals surface area contributed by atoms with Crippen LogP contribution in [0.2, 0.25) is 0 Å². The molecule has 144 valence electrons. The van der Waals surface area contributed by atoms with Gasteiger partial charge < -0.3 is 14.8 Å². The van der Waals surface area contributed by atoms with Crippen LogP contribution in [0.1, 0.15) is 37.5 Å². The summed E-state index contributed by atoms with van der Waals surface area (Å²) < 4.78 is 0. The Morgan fingerprint density at radius 2 is 1.46 bits per heavy atom. The maximum absolute atomic E-state index is 13.0. The highest BCUT2D eigenvalue weighted by Crippen LogP contribution is 2.23. The maximum Gasteiger partial charge on any atom is 0.270 e. The van der Waals surface area contributed by atoms with Gasteiger partial charge in [-0.1, -0.05) is 24.3 Å². The summed E-state index contributed by atoms with van der Waals surface area (Å²) in [5.74, 6) is 0.0453. The number of fused-ring (bicyclic) bond motifs is 1. The summed E-state index contributed by atoms with van der Waals surface area (Å²) in [4.78, 5) is 32.7. The molecule has 2 aromatic carbocycles. The first-order chi connectivity index (χ1) is 13.5. The Kier molecular flexibility index (Phi) is 4.67. The van der Waals surface area contributed by atoms with Crippen molar-refractivity contribution in [2.75, 3.05) is 26.2 Å². The van der Waals surface area contributed by atoms with Crippen LogP contribution in [-0.4, -0.2) is 52.8 Å². The first kappa shape index (κ1) is 18.3. The van der Waals surface area contributed by atoms with E-state index in [9.17, 15) is 9.59 Å². The lowest BCUT2D eigenvalue weighted by molar-refractivity contribution is 0.0532. The zero-order valence-corrected chi connectivity index (χ0v) is 16.6. The highest BCUT2D eigenvalue weighted by atomic mass is 16.2. The van der Waals surface area contributed by atoms with E-state index in [0.717, 1.165) is 22.0 Å². The maximum atomic E-state index is 13.0. The van der Waals surface area contributed by atoms with Gasteiger partial charge in [-0.05, 0) is 55.7 Å². The van der Waals surface area contributed by atoms with Crippen LogP contribution in [0.5, 0.6) is 0 Å². The van der Waals surface area contributed by atoms with Crippen LogP contribution in [0.3, 0.4) is 0 Å². The summed E-state index contributed by atoms with van der Waals surface area (Å²) in [6.45, 7) is 8.24. The van der Waals surface area contributed by atoms with Crippen molar-refractivity contribution >= 4 is 22.7 Å². The highest BCUT2D eigenvalue weighted by Gasteiger charge is 2.27. The molecule has 0 saturated carbocycles. The number of carbonyl (C=O) groups excluding carboxylic acids is 2. The third-order valence-electron chi connectivity index (χ3n) is 5.79. The second-order valence-electron chi connectivity index (χ2n) is 7.55. The van der Waals surface area contributed by atoms with Gasteiger partial charge in [0.05, 0.1) is 0 Å². The Hall–Kier alpha value is -3.08. The van der Waals surface area contributed by atoms with Crippen molar-refractivity contribution in [3.63, 3.8) is 0 Å². The van der Waals surface area contributed by atoms with Crippen LogP contribution in [0.4, 0.5) is 0 Å². The molecule has 1 aromatic heterocycles. The fourth-order valence-corrected chi connectivity index (χ4v) is 3.82. The lowest BCUT2D eigenvalue weighted by Crippen LogP contribution is -2.50. The van der Waals surface area contributed by atoms with Crippen LogP contribution in [0.15, 0.2) is 42.5 Å². The summed E-state index contributed by atoms with van der Waals surface area (Å²) >= 11 is 0. The van der Waals surface area contributed by atoms with Gasteiger partial charge in [-0.2, -0.15) is 0 Å². The van der Waals surface area contributed by atoms with Crippen LogP contribution >= 0.6 is 0 Å². The lowest BCUT2D eigenvalue weighted by Gasteiger charge is -2.34. The topological polar surface area (TPSA) is 56.4 Å². The van der Waals surface area contributed by atoms with Gasteiger partial charge in [-0.15, -0.1) is 0 Å². The van der Waals surface area contributed by atoms with Crippen molar-refractivity contribution in [3.8, 4) is 0 Å². The van der Waals surface area contributed by atoms with Crippen molar-refractivity contribution in [2.45, 2.75) is 20.8 Å². The number of benzene rings is 2. The number of rotatable bonds is 2. The SMILES string of the molecule is Cc1ccc(C(=O)N2CCN(C(=O)c3[nH]c4ccccc4c3C)CC2)cc1C. The zero-order chi connectivity index (χ0) is 19.8. The van der Waals surface area contributed by atoms with Gasteiger partial charge in [0.1, 0.15) is 5.69 Å². The van der Waals surface area contributed by atoms with Gasteiger partial charge in [0.15, 0.2) is 0 Å². The Morgan fingerprint density at radius 3 is 2.11 bits per heavy atom. The number of hydrogen-bond donors (Lipinski definition) is 1. The normalized spacial score (nSPS) is 14.5. The number of nitrogens with one attached hydrogen (secondary N) is 1. The lowest BCUT2D eigenvalue weighted by atomic mass is 10.1. The van der Waals surface area contributed by atoms with E-state index >= 15 is 0 Å². The molecule has 1 aliphatic rings. The van der Waals surface area contributed by atoms with Crippen LogP contribution < -0.4 is 0 Å². The molecule has 0 spiro atoms. The standard InChI is InChI=1S/C23H25N3O2/c1-15-8-9-18(14-16(15)2)22(27)25-10-12-26(13-11-25)23(28)21-17(3)19-6-4-5-7-20(19)24-21/h4-9,14,24H,10-13H2,1-3H3. The van der Waals surface area contributed by atoms with Crippen molar-refractivity contribution in [1.29, 1.82) is 0 Å². The van der Waals surface area contributed by atoms with Crippen LogP contribution in [-0.2, 0) is 0 Å². The number of aromatic amines is 1. The van der Waals surface area contributed by atoms with Gasteiger partial charge in [-0.25, -0.2) is 0 Å². The highest BCUT2D eigenvalue weighted by molar-refractivity contribution is 6.01. The third-order valence-corrected chi connectivity index (χ3v) is 5.79. The van der Waals surface area contributed by atoms with E-state index in [1.54, 1.807) is 0 Å². The molecule has 1 aliphatic heterocycles. The molecule has 5 nitrogen and oxygen atoms in total. The molecule has 3 aromatic rings. The fraction of sp³-hybridized carbons (Fsp3) is 0.304. The summed E-state index contributed by atoms with van der Waals surface area (Å²) in [5, 5.41) is 1.08. The number of H-pyrrole nitrogens is 1. The van der Waals surface area contributed by atoms with Crippen molar-refractivity contribution < 1.29 is 9.59 Å². The average molecular weight is 375 g/mol. The Bertz CT molecular complexity index is 1060. The number of aryl methyl sites for hydroxylation is 3. The fourth-order valence-electron chi connectivity index (χ4n) is 3.82. The predicted molar refractivity (Wildman–Crippen MR) is 111 cm³/mol. The Balaban J connectivity index is 1.46. The van der Waals surface area contributed by atoms with E-state index in [1.807, 2.05) is 73.0 Å². The van der Waals surface area contributed by atoms with E-state index in [1.165, 1.54) is 5.56 Å². The molecular formula is C23H25N3O2. The van der Waals surface area contributed by atoms with Gasteiger partial charge in [0.2, 0.25) is 0 Å². The number of hydrogen-bond acceptors (Lipinski definition) is 2. The molecule has 2 amide bonds. The first-order valence-corrected chi connectivity index (χ1v) is 9.69. The molecule has 1 N–H and O–H groups in total. The zero-order valence-electron chi connectivity index (χ0n) is 16.6. The van der Waals surface area contributed by atoms with Gasteiger partial charge >= 0.3 is 0 Å². The molecule has 1 fully saturated rings. The number of nitrogens with zero attached hydrogens (tertiary/aromatic N) is 2. The summed E-state index contributed by atoms with van der Waals surface area (Å²) in [6.07, 6.45) is 0. The third kappa shape index (κ3) is 3.17. The number of aromatic nitrogens is 1. The minimum absolute atomic E-state index is 0.00646. The van der Waals surface area contributed by atoms with E-state index in [0.29, 0.717) is 37.4 Å². The number of amides is 2. The Labute approximate surface area is 165 Å². The number of piperazine rings is 1. The minimum atomic E-state index is 0.00646. The number of para-hydroxylation sites is 1. The quantitative estimate of drug-likeness (QED) is 0.743. The molecule has 4 rings (SSSR count). The van der Waals surface area contributed by atoms with Crippen LogP contribution in [0, 0.1) is 20.8 Å². The van der Waals surface area contributed by atoms with Gasteiger partial charge in [0, 0.05) is 42.6 Å². The summed E-state index contributed by atoms with van der Waals surface area (Å²) in [5.41, 5.74) is 5.63. The van der Waals surface area contributed by atoms with Gasteiger partial charge in [0.25, 0.3) is 11.8 Å². The minimum Gasteiger partial charge on any atom is -0.350 e. The van der Waals surface area contributed by atoms with Gasteiger partial charge in [-0.3, -0.25) is 9.59 Å². The molecule has 1 saturated heterocycles. The van der Waals surface area contributed by atoms with Crippen LogP contribution in [0.25, 0.3) is 10.9 Å². The molecule has 0 radical (unpaired) electrons. The van der Waals surface area contributed by atoms with Crippen molar-refractivity contribution in [1.82, 2.24) is 14.8 Å². The molecule has 0 unspecified atom stereocenters. The first-order valence-electron chi connectivity index (χ1n) is 9.69. The second-order valence-corrected chi connectivity index (χ2v) is 7.55. The van der Waals surface area contributed by atoms with E-state index < -0.39 is 0 Å². The molecule has 2 heterocycles. The molecule has 28 heavy (non-hydrogen) atoms. The van der Waals surface area contributed by atoms with E-state index in [2.05, 4.69) is 4.98 Å². The second kappa shape index (κ2) is 7.15. The van der Waals surface area contributed by atoms with Crippen molar-refractivity contribution in [3.05, 3.63) is 70.4 Å². The average Bonchev–Trinajstić information content (AvgIpc) is 3.06. The Morgan fingerprint density at radius 1 is 0.821 bits per heavy atom.